The van der Waals surface area contributed by atoms with E-state index < -0.39 is 5.97 Å². The zero-order chi connectivity index (χ0) is 14.5. The van der Waals surface area contributed by atoms with Crippen molar-refractivity contribution in [1.29, 1.82) is 0 Å². The van der Waals surface area contributed by atoms with Crippen molar-refractivity contribution in [3.63, 3.8) is 0 Å². The summed E-state index contributed by atoms with van der Waals surface area (Å²) in [5.74, 6) is -0.0179. The lowest BCUT2D eigenvalue weighted by molar-refractivity contribution is -0.133. The molecule has 0 saturated carbocycles. The van der Waals surface area contributed by atoms with E-state index in [4.69, 9.17) is 9.47 Å². The molecule has 0 heterocycles. The number of phenols is 2. The van der Waals surface area contributed by atoms with E-state index in [0.717, 1.165) is 11.6 Å². The maximum Gasteiger partial charge on any atom is 0.315 e. The molecule has 0 saturated heterocycles. The van der Waals surface area contributed by atoms with Gasteiger partial charge >= 0.3 is 5.97 Å². The van der Waals surface area contributed by atoms with Gasteiger partial charge in [-0.15, -0.1) is 0 Å². The summed E-state index contributed by atoms with van der Waals surface area (Å²) < 4.78 is 10.1. The lowest BCUT2D eigenvalue weighted by atomic mass is 10.1. The fourth-order valence-corrected chi connectivity index (χ4v) is 1.70. The first-order valence-electron chi connectivity index (χ1n) is 5.93. The summed E-state index contributed by atoms with van der Waals surface area (Å²) in [6.45, 7) is 0. The Kier molecular flexibility index (Phi) is 4.10. The second kappa shape index (κ2) is 5.97. The summed E-state index contributed by atoms with van der Waals surface area (Å²) in [4.78, 5) is 11.7. The highest BCUT2D eigenvalue weighted by Gasteiger charge is 2.08. The van der Waals surface area contributed by atoms with Crippen LogP contribution in [-0.2, 0) is 11.2 Å². The van der Waals surface area contributed by atoms with E-state index in [2.05, 4.69) is 0 Å². The van der Waals surface area contributed by atoms with Gasteiger partial charge < -0.3 is 19.7 Å². The summed E-state index contributed by atoms with van der Waals surface area (Å²) in [6.07, 6.45) is 0.0837. The van der Waals surface area contributed by atoms with Crippen LogP contribution in [0.25, 0.3) is 0 Å². The number of benzene rings is 2. The quantitative estimate of drug-likeness (QED) is 0.660. The average molecular weight is 274 g/mol. The number of phenolic OH excluding ortho intramolecular Hbond substituents is 2. The number of ether oxygens (including phenoxy) is 2. The largest absolute Gasteiger partial charge is 0.508 e. The summed E-state index contributed by atoms with van der Waals surface area (Å²) in [5.41, 5.74) is 0.778. The van der Waals surface area contributed by atoms with Crippen molar-refractivity contribution >= 4 is 5.97 Å². The Morgan fingerprint density at radius 2 is 1.60 bits per heavy atom. The fourth-order valence-electron chi connectivity index (χ4n) is 1.70. The lowest BCUT2D eigenvalue weighted by Gasteiger charge is -2.06. The first kappa shape index (κ1) is 13.7. The highest BCUT2D eigenvalue weighted by Crippen LogP contribution is 2.26. The van der Waals surface area contributed by atoms with E-state index in [1.807, 2.05) is 0 Å². The van der Waals surface area contributed by atoms with Crippen molar-refractivity contribution in [2.45, 2.75) is 6.42 Å². The maximum absolute atomic E-state index is 11.7. The standard InChI is InChI=1S/C15H14O5/c1-19-13-4-2-10(3-5-13)6-15(18)20-14-8-11(16)7-12(17)9-14/h2-5,7-9,16-17H,6H2,1H3. The zero-order valence-electron chi connectivity index (χ0n) is 10.9. The molecule has 0 radical (unpaired) electrons. The number of carbonyl (C=O) groups excluding carboxylic acids is 1. The van der Waals surface area contributed by atoms with Gasteiger partial charge in [-0.1, -0.05) is 12.1 Å². The number of aromatic hydroxyl groups is 2. The lowest BCUT2D eigenvalue weighted by Crippen LogP contribution is -2.11. The van der Waals surface area contributed by atoms with E-state index in [1.165, 1.54) is 12.1 Å². The second-order valence-corrected chi connectivity index (χ2v) is 4.18. The molecule has 5 nitrogen and oxygen atoms in total. The Labute approximate surface area is 116 Å². The first-order valence-corrected chi connectivity index (χ1v) is 5.93. The van der Waals surface area contributed by atoms with Gasteiger partial charge in [-0.05, 0) is 17.7 Å². The van der Waals surface area contributed by atoms with Crippen LogP contribution in [0, 0.1) is 0 Å². The van der Waals surface area contributed by atoms with Crippen LogP contribution < -0.4 is 9.47 Å². The van der Waals surface area contributed by atoms with Crippen LogP contribution in [0.15, 0.2) is 42.5 Å². The molecular weight excluding hydrogens is 260 g/mol. The minimum Gasteiger partial charge on any atom is -0.508 e. The molecule has 2 rings (SSSR count). The molecule has 0 fully saturated rings. The molecule has 2 N–H and O–H groups in total. The van der Waals surface area contributed by atoms with Crippen molar-refractivity contribution in [3.05, 3.63) is 48.0 Å². The van der Waals surface area contributed by atoms with Gasteiger partial charge in [-0.25, -0.2) is 0 Å². The highest BCUT2D eigenvalue weighted by atomic mass is 16.5. The predicted molar refractivity (Wildman–Crippen MR) is 72.1 cm³/mol. The van der Waals surface area contributed by atoms with Crippen molar-refractivity contribution < 1.29 is 24.5 Å². The Balaban J connectivity index is 2.01. The van der Waals surface area contributed by atoms with Crippen LogP contribution in [0.3, 0.4) is 0 Å². The van der Waals surface area contributed by atoms with Gasteiger partial charge in [0, 0.05) is 18.2 Å². The number of carbonyl (C=O) groups is 1. The van der Waals surface area contributed by atoms with Crippen LogP contribution in [0.1, 0.15) is 5.56 Å². The van der Waals surface area contributed by atoms with Crippen LogP contribution in [0.2, 0.25) is 0 Å². The van der Waals surface area contributed by atoms with Crippen molar-refractivity contribution in [2.24, 2.45) is 0 Å². The van der Waals surface area contributed by atoms with Crippen molar-refractivity contribution in [3.8, 4) is 23.0 Å². The average Bonchev–Trinajstić information content (AvgIpc) is 2.38. The maximum atomic E-state index is 11.7. The minimum atomic E-state index is -0.486. The molecule has 2 aromatic rings. The number of hydrogen-bond acceptors (Lipinski definition) is 5. The Hall–Kier alpha value is -2.69. The van der Waals surface area contributed by atoms with E-state index in [-0.39, 0.29) is 23.7 Å². The number of hydrogen-bond donors (Lipinski definition) is 2. The Bertz CT molecular complexity index is 584. The monoisotopic (exact) mass is 274 g/mol. The molecule has 0 aliphatic heterocycles. The molecule has 0 aromatic heterocycles. The minimum absolute atomic E-state index is 0.0837. The van der Waals surface area contributed by atoms with E-state index in [1.54, 1.807) is 31.4 Å². The first-order chi connectivity index (χ1) is 9.56. The number of esters is 1. The van der Waals surface area contributed by atoms with Crippen molar-refractivity contribution in [1.82, 2.24) is 0 Å². The molecular formula is C15H14O5. The Morgan fingerprint density at radius 1 is 1.00 bits per heavy atom. The third kappa shape index (κ3) is 3.65. The summed E-state index contributed by atoms with van der Waals surface area (Å²) in [7, 11) is 1.57. The molecule has 5 heteroatoms. The fraction of sp³-hybridized carbons (Fsp3) is 0.133. The van der Waals surface area contributed by atoms with Gasteiger partial charge in [0.1, 0.15) is 23.0 Å². The zero-order valence-corrected chi connectivity index (χ0v) is 10.9. The van der Waals surface area contributed by atoms with Crippen molar-refractivity contribution in [2.75, 3.05) is 7.11 Å². The molecule has 0 bridgehead atoms. The van der Waals surface area contributed by atoms with Crippen LogP contribution in [-0.4, -0.2) is 23.3 Å². The molecule has 0 aliphatic rings. The van der Waals surface area contributed by atoms with Gasteiger partial charge in [-0.3, -0.25) is 4.79 Å². The second-order valence-electron chi connectivity index (χ2n) is 4.18. The number of methoxy groups -OCH3 is 1. The van der Waals surface area contributed by atoms with Gasteiger partial charge in [0.05, 0.1) is 13.5 Å². The van der Waals surface area contributed by atoms with Gasteiger partial charge in [0.2, 0.25) is 0 Å². The van der Waals surface area contributed by atoms with Gasteiger partial charge in [0.25, 0.3) is 0 Å². The molecule has 0 unspecified atom stereocenters. The molecule has 20 heavy (non-hydrogen) atoms. The predicted octanol–water partition coefficient (Wildman–Crippen LogP) is 2.25. The van der Waals surface area contributed by atoms with E-state index >= 15 is 0 Å². The summed E-state index contributed by atoms with van der Waals surface area (Å²) in [5, 5.41) is 18.6. The molecule has 2 aromatic carbocycles. The normalized spacial score (nSPS) is 10.1. The van der Waals surface area contributed by atoms with E-state index in [9.17, 15) is 15.0 Å². The van der Waals surface area contributed by atoms with E-state index in [0.29, 0.717) is 5.75 Å². The third-order valence-electron chi connectivity index (χ3n) is 2.62. The molecule has 0 amide bonds. The van der Waals surface area contributed by atoms with Gasteiger partial charge in [0.15, 0.2) is 0 Å². The summed E-state index contributed by atoms with van der Waals surface area (Å²) >= 11 is 0. The third-order valence-corrected chi connectivity index (χ3v) is 2.62. The summed E-state index contributed by atoms with van der Waals surface area (Å²) in [6, 6.07) is 10.7. The SMILES string of the molecule is COc1ccc(CC(=O)Oc2cc(O)cc(O)c2)cc1. The molecule has 104 valence electrons. The molecule has 0 aliphatic carbocycles. The van der Waals surface area contributed by atoms with Crippen LogP contribution in [0.5, 0.6) is 23.0 Å². The highest BCUT2D eigenvalue weighted by molar-refractivity contribution is 5.75. The molecule has 0 spiro atoms. The van der Waals surface area contributed by atoms with Crippen LogP contribution >= 0.6 is 0 Å². The smallest absolute Gasteiger partial charge is 0.315 e. The van der Waals surface area contributed by atoms with Gasteiger partial charge in [-0.2, -0.15) is 0 Å². The topological polar surface area (TPSA) is 76.0 Å². The number of rotatable bonds is 4. The van der Waals surface area contributed by atoms with Crippen LogP contribution in [0.4, 0.5) is 0 Å². The Morgan fingerprint density at radius 3 is 2.15 bits per heavy atom. The molecule has 0 atom stereocenters.